The van der Waals surface area contributed by atoms with Gasteiger partial charge in [-0.2, -0.15) is 0 Å². The van der Waals surface area contributed by atoms with Crippen molar-refractivity contribution < 1.29 is 9.38 Å². The van der Waals surface area contributed by atoms with Gasteiger partial charge in [-0.05, 0) is 30.3 Å². The first-order valence-corrected chi connectivity index (χ1v) is 9.37. The Hall–Kier alpha value is -2.37. The molecule has 2 saturated heterocycles. The monoisotopic (exact) mass is 349 g/mol. The van der Waals surface area contributed by atoms with Gasteiger partial charge in [0.15, 0.2) is 0 Å². The molecule has 2 unspecified atom stereocenters. The van der Waals surface area contributed by atoms with Crippen molar-refractivity contribution in [2.24, 2.45) is 0 Å². The Kier molecular flexibility index (Phi) is 3.55. The molecule has 0 radical (unpaired) electrons. The van der Waals surface area contributed by atoms with Crippen LogP contribution in [0.2, 0.25) is 0 Å². The molecule has 2 aromatic heterocycles. The lowest BCUT2D eigenvalue weighted by molar-refractivity contribution is -0.903. The predicted octanol–water partition coefficient (Wildman–Crippen LogP) is 4.25. The highest BCUT2D eigenvalue weighted by Crippen LogP contribution is 2.41. The standard InChI is InChI=1S/C21H23N3O2/c1-24(25)16-3-4-17(24)12-19(11-16)26-18-5-7-21(23-13-18)14-2-6-20-15(10-14)8-9-22-20/h2,5-10,13,16-17,19,22H,3-4,11-12H2,1H3. The fourth-order valence-corrected chi connectivity index (χ4v) is 4.68. The van der Waals surface area contributed by atoms with Crippen LogP contribution in [-0.2, 0) is 0 Å². The van der Waals surface area contributed by atoms with Gasteiger partial charge in [0.25, 0.3) is 0 Å². The number of benzene rings is 1. The van der Waals surface area contributed by atoms with Crippen LogP contribution in [0, 0.1) is 5.21 Å². The summed E-state index contributed by atoms with van der Waals surface area (Å²) in [6.45, 7) is 0. The number of rotatable bonds is 3. The number of hydroxylamine groups is 3. The minimum Gasteiger partial charge on any atom is -0.633 e. The van der Waals surface area contributed by atoms with Crippen LogP contribution in [0.1, 0.15) is 25.7 Å². The van der Waals surface area contributed by atoms with Crippen molar-refractivity contribution in [2.45, 2.75) is 43.9 Å². The van der Waals surface area contributed by atoms with Gasteiger partial charge in [0.1, 0.15) is 11.9 Å². The molecule has 2 atom stereocenters. The van der Waals surface area contributed by atoms with E-state index in [0.717, 1.165) is 48.2 Å². The Balaban J connectivity index is 1.31. The second-order valence-corrected chi connectivity index (χ2v) is 7.81. The van der Waals surface area contributed by atoms with Gasteiger partial charge in [-0.3, -0.25) is 4.98 Å². The third-order valence-corrected chi connectivity index (χ3v) is 6.24. The molecule has 0 spiro atoms. The molecular weight excluding hydrogens is 326 g/mol. The number of H-pyrrole nitrogens is 1. The molecule has 0 saturated carbocycles. The lowest BCUT2D eigenvalue weighted by Crippen LogP contribution is -2.55. The summed E-state index contributed by atoms with van der Waals surface area (Å²) in [4.78, 5) is 7.79. The lowest BCUT2D eigenvalue weighted by atomic mass is 10.00. The van der Waals surface area contributed by atoms with E-state index in [4.69, 9.17) is 4.74 Å². The third-order valence-electron chi connectivity index (χ3n) is 6.24. The molecule has 2 fully saturated rings. The smallest absolute Gasteiger partial charge is 0.138 e. The Labute approximate surface area is 152 Å². The van der Waals surface area contributed by atoms with Crippen molar-refractivity contribution in [1.82, 2.24) is 9.97 Å². The summed E-state index contributed by atoms with van der Waals surface area (Å²) in [6.07, 6.45) is 7.65. The first kappa shape index (κ1) is 15.9. The summed E-state index contributed by atoms with van der Waals surface area (Å²) < 4.78 is 6.09. The van der Waals surface area contributed by atoms with Gasteiger partial charge in [0.05, 0.1) is 31.0 Å². The van der Waals surface area contributed by atoms with E-state index in [2.05, 4.69) is 34.2 Å². The maximum atomic E-state index is 12.6. The Morgan fingerprint density at radius 1 is 1.12 bits per heavy atom. The van der Waals surface area contributed by atoms with E-state index in [1.807, 2.05) is 25.4 Å². The zero-order valence-electron chi connectivity index (χ0n) is 14.9. The van der Waals surface area contributed by atoms with Crippen molar-refractivity contribution in [2.75, 3.05) is 7.05 Å². The van der Waals surface area contributed by atoms with Crippen molar-refractivity contribution >= 4 is 10.9 Å². The molecule has 1 N–H and O–H groups in total. The average Bonchev–Trinajstić information content (AvgIpc) is 3.12. The highest BCUT2D eigenvalue weighted by atomic mass is 16.6. The van der Waals surface area contributed by atoms with E-state index >= 15 is 0 Å². The SMILES string of the molecule is C[N+]1([O-])C2CCC1CC(Oc1ccc(-c3ccc4[nH]ccc4c3)nc1)C2. The minimum atomic E-state index is -0.0708. The molecular formula is C21H23N3O2. The highest BCUT2D eigenvalue weighted by Gasteiger charge is 2.47. The largest absolute Gasteiger partial charge is 0.633 e. The van der Waals surface area contributed by atoms with Crippen LogP contribution in [0.5, 0.6) is 5.75 Å². The number of hydrogen-bond acceptors (Lipinski definition) is 3. The van der Waals surface area contributed by atoms with Crippen LogP contribution in [0.25, 0.3) is 22.2 Å². The number of fused-ring (bicyclic) bond motifs is 3. The van der Waals surface area contributed by atoms with E-state index in [1.54, 1.807) is 6.20 Å². The highest BCUT2D eigenvalue weighted by molar-refractivity contribution is 5.84. The average molecular weight is 349 g/mol. The van der Waals surface area contributed by atoms with Gasteiger partial charge in [-0.25, -0.2) is 0 Å². The first-order chi connectivity index (χ1) is 12.6. The van der Waals surface area contributed by atoms with E-state index in [-0.39, 0.29) is 22.8 Å². The van der Waals surface area contributed by atoms with Crippen molar-refractivity contribution in [3.05, 3.63) is 54.0 Å². The van der Waals surface area contributed by atoms with Crippen LogP contribution < -0.4 is 4.74 Å². The van der Waals surface area contributed by atoms with E-state index in [9.17, 15) is 5.21 Å². The van der Waals surface area contributed by atoms with Crippen LogP contribution >= 0.6 is 0 Å². The normalized spacial score (nSPS) is 30.6. The quantitative estimate of drug-likeness (QED) is 0.568. The minimum absolute atomic E-state index is 0.0708. The molecule has 2 bridgehead atoms. The third kappa shape index (κ3) is 2.59. The van der Waals surface area contributed by atoms with E-state index in [1.165, 1.54) is 5.39 Å². The van der Waals surface area contributed by atoms with Gasteiger partial charge in [0, 0.05) is 48.3 Å². The molecule has 1 aromatic carbocycles. The number of aromatic nitrogens is 2. The second kappa shape index (κ2) is 5.83. The predicted molar refractivity (Wildman–Crippen MR) is 102 cm³/mol. The molecule has 5 rings (SSSR count). The summed E-state index contributed by atoms with van der Waals surface area (Å²) in [5.74, 6) is 0.794. The molecule has 0 amide bonds. The fraction of sp³-hybridized carbons (Fsp3) is 0.381. The lowest BCUT2D eigenvalue weighted by Gasteiger charge is -2.50. The first-order valence-electron chi connectivity index (χ1n) is 9.37. The summed E-state index contributed by atoms with van der Waals surface area (Å²) in [5.41, 5.74) is 3.16. The molecule has 134 valence electrons. The Bertz CT molecular complexity index is 916. The molecule has 3 aromatic rings. The van der Waals surface area contributed by atoms with E-state index < -0.39 is 0 Å². The van der Waals surface area contributed by atoms with Gasteiger partial charge >= 0.3 is 0 Å². The van der Waals surface area contributed by atoms with Crippen molar-refractivity contribution in [1.29, 1.82) is 0 Å². The Morgan fingerprint density at radius 2 is 1.92 bits per heavy atom. The van der Waals surface area contributed by atoms with Crippen LogP contribution in [-0.4, -0.2) is 39.8 Å². The number of hydrogen-bond donors (Lipinski definition) is 1. The van der Waals surface area contributed by atoms with E-state index in [0.29, 0.717) is 0 Å². The van der Waals surface area contributed by atoms with Crippen LogP contribution in [0.3, 0.4) is 0 Å². The maximum absolute atomic E-state index is 12.6. The fourth-order valence-electron chi connectivity index (χ4n) is 4.68. The summed E-state index contributed by atoms with van der Waals surface area (Å²) in [6, 6.07) is 12.7. The number of nitrogens with one attached hydrogen (secondary N) is 1. The summed E-state index contributed by atoms with van der Waals surface area (Å²) in [7, 11) is 1.83. The molecule has 0 aliphatic carbocycles. The number of nitrogens with zero attached hydrogens (tertiary/aromatic N) is 2. The van der Waals surface area contributed by atoms with Gasteiger partial charge < -0.3 is 19.6 Å². The topological polar surface area (TPSA) is 61.0 Å². The molecule has 2 aliphatic rings. The van der Waals surface area contributed by atoms with Crippen molar-refractivity contribution in [3.63, 3.8) is 0 Å². The Morgan fingerprint density at radius 3 is 2.65 bits per heavy atom. The number of ether oxygens (including phenoxy) is 1. The summed E-state index contributed by atoms with van der Waals surface area (Å²) >= 11 is 0. The molecule has 5 nitrogen and oxygen atoms in total. The summed E-state index contributed by atoms with van der Waals surface area (Å²) in [5, 5.41) is 13.8. The second-order valence-electron chi connectivity index (χ2n) is 7.81. The number of piperidine rings is 1. The van der Waals surface area contributed by atoms with Gasteiger partial charge in [0.2, 0.25) is 0 Å². The van der Waals surface area contributed by atoms with Gasteiger partial charge in [-0.15, -0.1) is 0 Å². The number of aromatic amines is 1. The molecule has 5 heteroatoms. The molecule has 4 heterocycles. The molecule has 2 aliphatic heterocycles. The number of quaternary nitrogens is 1. The van der Waals surface area contributed by atoms with Crippen LogP contribution in [0.15, 0.2) is 48.8 Å². The molecule has 26 heavy (non-hydrogen) atoms. The van der Waals surface area contributed by atoms with Crippen LogP contribution in [0.4, 0.5) is 0 Å². The zero-order chi connectivity index (χ0) is 17.7. The number of pyridine rings is 1. The zero-order valence-corrected chi connectivity index (χ0v) is 14.9. The van der Waals surface area contributed by atoms with Crippen molar-refractivity contribution in [3.8, 4) is 17.0 Å². The van der Waals surface area contributed by atoms with Gasteiger partial charge in [-0.1, -0.05) is 6.07 Å². The maximum Gasteiger partial charge on any atom is 0.138 e.